The molecule has 0 spiro atoms. The lowest BCUT2D eigenvalue weighted by Crippen LogP contribution is -2.27. The van der Waals surface area contributed by atoms with Gasteiger partial charge in [-0.15, -0.1) is 10.2 Å². The Balaban J connectivity index is 2.64. The van der Waals surface area contributed by atoms with Crippen LogP contribution in [0.2, 0.25) is 0 Å². The first-order chi connectivity index (χ1) is 8.99. The van der Waals surface area contributed by atoms with Crippen molar-refractivity contribution in [3.63, 3.8) is 0 Å². The highest BCUT2D eigenvalue weighted by atomic mass is 32.1. The third kappa shape index (κ3) is 5.32. The molecular weight excluding hydrogens is 295 g/mol. The minimum absolute atomic E-state index is 0.0130. The van der Waals surface area contributed by atoms with Gasteiger partial charge in [0.15, 0.2) is 0 Å². The fourth-order valence-corrected chi connectivity index (χ4v) is 2.22. The highest BCUT2D eigenvalue weighted by molar-refractivity contribution is 7.15. The molecule has 1 aromatic rings. The summed E-state index contributed by atoms with van der Waals surface area (Å²) >= 11 is 0.360. The number of aromatic nitrogens is 2. The van der Waals surface area contributed by atoms with Gasteiger partial charge >= 0.3 is 12.1 Å². The number of alkyl halides is 3. The fourth-order valence-electron chi connectivity index (χ4n) is 1.61. The highest BCUT2D eigenvalue weighted by Gasteiger charge is 2.35. The van der Waals surface area contributed by atoms with Gasteiger partial charge in [0.2, 0.25) is 10.1 Å². The Hall–Kier alpha value is -1.38. The summed E-state index contributed by atoms with van der Waals surface area (Å²) in [5.74, 6) is -1.69. The molecule has 9 heteroatoms. The van der Waals surface area contributed by atoms with Gasteiger partial charge in [0.05, 0.1) is 5.92 Å². The monoisotopic (exact) mass is 311 g/mol. The molecule has 0 aliphatic rings. The molecule has 0 saturated heterocycles. The van der Waals surface area contributed by atoms with Gasteiger partial charge in [-0.2, -0.15) is 13.2 Å². The molecule has 1 unspecified atom stereocenters. The molecule has 114 valence electrons. The van der Waals surface area contributed by atoms with E-state index in [9.17, 15) is 18.0 Å². The lowest BCUT2D eigenvalue weighted by molar-refractivity contribution is -0.142. The number of carboxylic acids is 1. The molecule has 20 heavy (non-hydrogen) atoms. The molecule has 1 aromatic heterocycles. The topological polar surface area (TPSA) is 75.1 Å². The van der Waals surface area contributed by atoms with Crippen LogP contribution in [0.1, 0.15) is 32.2 Å². The highest BCUT2D eigenvalue weighted by Crippen LogP contribution is 2.33. The molecular formula is C11H16F3N3O2S. The smallest absolute Gasteiger partial charge is 0.445 e. The maximum absolute atomic E-state index is 12.3. The van der Waals surface area contributed by atoms with Crippen LogP contribution in [0.4, 0.5) is 18.3 Å². The first-order valence-corrected chi connectivity index (χ1v) is 6.68. The molecule has 0 aliphatic carbocycles. The normalized spacial score (nSPS) is 14.1. The van der Waals surface area contributed by atoms with Crippen molar-refractivity contribution in [1.29, 1.82) is 0 Å². The number of anilines is 1. The molecule has 0 radical (unpaired) electrons. The average Bonchev–Trinajstić information content (AvgIpc) is 2.70. The zero-order valence-electron chi connectivity index (χ0n) is 11.3. The SMILES string of the molecule is CC(C)(C)CC(CNc1nnc(C(F)(F)F)s1)C(=O)O. The Morgan fingerprint density at radius 1 is 1.35 bits per heavy atom. The molecule has 5 nitrogen and oxygen atoms in total. The second-order valence-corrected chi connectivity index (χ2v) is 6.57. The molecule has 0 fully saturated rings. The van der Waals surface area contributed by atoms with Crippen LogP contribution < -0.4 is 5.32 Å². The first-order valence-electron chi connectivity index (χ1n) is 5.86. The van der Waals surface area contributed by atoms with E-state index in [4.69, 9.17) is 5.11 Å². The average molecular weight is 311 g/mol. The minimum atomic E-state index is -4.53. The Kier molecular flexibility index (Phi) is 4.95. The first kappa shape index (κ1) is 16.7. The van der Waals surface area contributed by atoms with Crippen molar-refractivity contribution in [3.05, 3.63) is 5.01 Å². The zero-order chi connectivity index (χ0) is 15.6. The van der Waals surface area contributed by atoms with Crippen LogP contribution in [0.25, 0.3) is 0 Å². The number of hydrogen-bond acceptors (Lipinski definition) is 5. The van der Waals surface area contributed by atoms with Crippen LogP contribution in [0.15, 0.2) is 0 Å². The number of hydrogen-bond donors (Lipinski definition) is 2. The van der Waals surface area contributed by atoms with Crippen molar-refractivity contribution in [2.24, 2.45) is 11.3 Å². The van der Waals surface area contributed by atoms with E-state index in [0.29, 0.717) is 17.8 Å². The second kappa shape index (κ2) is 5.94. The summed E-state index contributed by atoms with van der Waals surface area (Å²) in [6.07, 6.45) is -4.13. The standard InChI is InChI=1S/C11H16F3N3O2S/c1-10(2,3)4-6(7(18)19)5-15-9-17-16-8(20-9)11(12,13)14/h6H,4-5H2,1-3H3,(H,15,17)(H,18,19). The van der Waals surface area contributed by atoms with E-state index in [0.717, 1.165) is 0 Å². The number of rotatable bonds is 5. The van der Waals surface area contributed by atoms with E-state index in [1.165, 1.54) is 0 Å². The van der Waals surface area contributed by atoms with Crippen LogP contribution in [0, 0.1) is 11.3 Å². The number of carbonyl (C=O) groups is 1. The van der Waals surface area contributed by atoms with Gasteiger partial charge in [-0.1, -0.05) is 32.1 Å². The lowest BCUT2D eigenvalue weighted by atomic mass is 9.84. The van der Waals surface area contributed by atoms with E-state index in [-0.39, 0.29) is 17.1 Å². The van der Waals surface area contributed by atoms with Crippen molar-refractivity contribution in [2.45, 2.75) is 33.4 Å². The Morgan fingerprint density at radius 2 is 1.95 bits per heavy atom. The predicted molar refractivity (Wildman–Crippen MR) is 68.6 cm³/mol. The van der Waals surface area contributed by atoms with E-state index < -0.39 is 23.1 Å². The third-order valence-electron chi connectivity index (χ3n) is 2.38. The van der Waals surface area contributed by atoms with E-state index in [1.807, 2.05) is 20.8 Å². The summed E-state index contributed by atoms with van der Waals surface area (Å²) in [7, 11) is 0. The van der Waals surface area contributed by atoms with E-state index in [1.54, 1.807) is 0 Å². The molecule has 0 aliphatic heterocycles. The maximum atomic E-state index is 12.3. The lowest BCUT2D eigenvalue weighted by Gasteiger charge is -2.23. The number of nitrogens with zero attached hydrogens (tertiary/aromatic N) is 2. The molecule has 0 bridgehead atoms. The van der Waals surface area contributed by atoms with Gasteiger partial charge in [0.25, 0.3) is 0 Å². The summed E-state index contributed by atoms with van der Waals surface area (Å²) in [4.78, 5) is 11.1. The van der Waals surface area contributed by atoms with Gasteiger partial charge in [-0.25, -0.2) is 0 Å². The summed E-state index contributed by atoms with van der Waals surface area (Å²) < 4.78 is 37.0. The van der Waals surface area contributed by atoms with Gasteiger partial charge in [-0.3, -0.25) is 4.79 Å². The van der Waals surface area contributed by atoms with Crippen LogP contribution in [0.5, 0.6) is 0 Å². The predicted octanol–water partition coefficient (Wildman–Crippen LogP) is 3.11. The Bertz CT molecular complexity index is 468. The molecule has 2 N–H and O–H groups in total. The molecule has 1 heterocycles. The summed E-state index contributed by atoms with van der Waals surface area (Å²) in [6.45, 7) is 5.71. The Morgan fingerprint density at radius 3 is 2.35 bits per heavy atom. The van der Waals surface area contributed by atoms with Gasteiger partial charge in [0.1, 0.15) is 0 Å². The van der Waals surface area contributed by atoms with Gasteiger partial charge in [0, 0.05) is 6.54 Å². The largest absolute Gasteiger partial charge is 0.481 e. The van der Waals surface area contributed by atoms with Crippen molar-refractivity contribution < 1.29 is 23.1 Å². The molecule has 1 rings (SSSR count). The molecule has 0 saturated carbocycles. The van der Waals surface area contributed by atoms with Gasteiger partial charge < -0.3 is 10.4 Å². The van der Waals surface area contributed by atoms with Crippen molar-refractivity contribution >= 4 is 22.4 Å². The van der Waals surface area contributed by atoms with Crippen LogP contribution in [-0.4, -0.2) is 27.8 Å². The summed E-state index contributed by atoms with van der Waals surface area (Å²) in [6, 6.07) is 0. The van der Waals surface area contributed by atoms with E-state index in [2.05, 4.69) is 15.5 Å². The minimum Gasteiger partial charge on any atom is -0.481 e. The van der Waals surface area contributed by atoms with Crippen LogP contribution in [0.3, 0.4) is 0 Å². The van der Waals surface area contributed by atoms with Gasteiger partial charge in [-0.05, 0) is 11.8 Å². The number of halogens is 3. The molecule has 0 aromatic carbocycles. The maximum Gasteiger partial charge on any atom is 0.445 e. The van der Waals surface area contributed by atoms with Crippen molar-refractivity contribution in [1.82, 2.24) is 10.2 Å². The fraction of sp³-hybridized carbons (Fsp3) is 0.727. The Labute approximate surface area is 118 Å². The summed E-state index contributed by atoms with van der Waals surface area (Å²) in [5, 5.41) is 17.0. The number of nitrogens with one attached hydrogen (secondary N) is 1. The van der Waals surface area contributed by atoms with Crippen molar-refractivity contribution in [3.8, 4) is 0 Å². The number of aliphatic carboxylic acids is 1. The van der Waals surface area contributed by atoms with Crippen LogP contribution >= 0.6 is 11.3 Å². The summed E-state index contributed by atoms with van der Waals surface area (Å²) in [5.41, 5.74) is -0.191. The zero-order valence-corrected chi connectivity index (χ0v) is 12.1. The van der Waals surface area contributed by atoms with E-state index >= 15 is 0 Å². The second-order valence-electron chi connectivity index (χ2n) is 5.59. The molecule has 1 atom stereocenters. The molecule has 0 amide bonds. The third-order valence-corrected chi connectivity index (χ3v) is 3.30. The van der Waals surface area contributed by atoms with Crippen molar-refractivity contribution in [2.75, 3.05) is 11.9 Å². The number of carboxylic acid groups (broad SMARTS) is 1. The quantitative estimate of drug-likeness (QED) is 0.874. The van der Waals surface area contributed by atoms with Crippen LogP contribution in [-0.2, 0) is 11.0 Å².